The zero-order valence-electron chi connectivity index (χ0n) is 17.7. The number of ether oxygens (including phenoxy) is 1. The van der Waals surface area contributed by atoms with Crippen molar-refractivity contribution >= 4 is 17.8 Å². The third-order valence-electron chi connectivity index (χ3n) is 5.38. The van der Waals surface area contributed by atoms with Crippen LogP contribution >= 0.6 is 0 Å². The lowest BCUT2D eigenvalue weighted by Crippen LogP contribution is -2.45. The lowest BCUT2D eigenvalue weighted by molar-refractivity contribution is -0.126. The molecule has 2 amide bonds. The van der Waals surface area contributed by atoms with Gasteiger partial charge in [-0.15, -0.1) is 0 Å². The Bertz CT molecular complexity index is 923. The fourth-order valence-corrected chi connectivity index (χ4v) is 3.83. The Morgan fingerprint density at radius 2 is 2.10 bits per heavy atom. The van der Waals surface area contributed by atoms with Crippen LogP contribution in [0.5, 0.6) is 0 Å². The Balaban J connectivity index is 1.66. The van der Waals surface area contributed by atoms with E-state index in [4.69, 9.17) is 4.74 Å². The Hall–Kier alpha value is -3.16. The van der Waals surface area contributed by atoms with Crippen LogP contribution in [0.3, 0.4) is 0 Å². The molecule has 0 spiro atoms. The number of nitrogens with zero attached hydrogens (tertiary/aromatic N) is 2. The number of piperidine rings is 1. The van der Waals surface area contributed by atoms with Crippen LogP contribution in [-0.4, -0.2) is 52.3 Å². The molecule has 0 radical (unpaired) electrons. The number of nitrogens with one attached hydrogen (secondary N) is 2. The van der Waals surface area contributed by atoms with Gasteiger partial charge < -0.3 is 19.9 Å². The first-order valence-electron chi connectivity index (χ1n) is 10.3. The van der Waals surface area contributed by atoms with E-state index in [9.17, 15) is 14.4 Å². The first-order chi connectivity index (χ1) is 14.4. The SMILES string of the molecule is CCOC(=O)c1c(C)[nH]c(C(=O)N2CCC[C@@H](C(=O)NCc3ccccn3)C2)c1C. The molecule has 0 aromatic carbocycles. The molecule has 160 valence electrons. The Labute approximate surface area is 176 Å². The zero-order chi connectivity index (χ0) is 21.7. The molecule has 0 bridgehead atoms. The molecule has 0 aliphatic carbocycles. The molecule has 30 heavy (non-hydrogen) atoms. The summed E-state index contributed by atoms with van der Waals surface area (Å²) in [6.45, 7) is 6.79. The average Bonchev–Trinajstić information content (AvgIpc) is 3.06. The number of hydrogen-bond donors (Lipinski definition) is 2. The van der Waals surface area contributed by atoms with Crippen LogP contribution in [0.4, 0.5) is 0 Å². The number of aryl methyl sites for hydroxylation is 1. The maximum absolute atomic E-state index is 13.1. The summed E-state index contributed by atoms with van der Waals surface area (Å²) >= 11 is 0. The number of esters is 1. The lowest BCUT2D eigenvalue weighted by Gasteiger charge is -2.32. The second-order valence-corrected chi connectivity index (χ2v) is 7.47. The number of H-pyrrole nitrogens is 1. The van der Waals surface area contributed by atoms with Crippen molar-refractivity contribution in [3.8, 4) is 0 Å². The van der Waals surface area contributed by atoms with Crippen LogP contribution in [0.1, 0.15) is 57.6 Å². The van der Waals surface area contributed by atoms with Gasteiger partial charge in [-0.2, -0.15) is 0 Å². The van der Waals surface area contributed by atoms with Gasteiger partial charge in [0.2, 0.25) is 5.91 Å². The molecule has 0 saturated carbocycles. The second-order valence-electron chi connectivity index (χ2n) is 7.47. The highest BCUT2D eigenvalue weighted by Crippen LogP contribution is 2.23. The third-order valence-corrected chi connectivity index (χ3v) is 5.38. The van der Waals surface area contributed by atoms with Gasteiger partial charge in [-0.25, -0.2) is 4.79 Å². The van der Waals surface area contributed by atoms with Crippen molar-refractivity contribution in [2.45, 2.75) is 40.2 Å². The minimum Gasteiger partial charge on any atom is -0.462 e. The molecule has 1 fully saturated rings. The molecule has 2 N–H and O–H groups in total. The Morgan fingerprint density at radius 3 is 2.80 bits per heavy atom. The van der Waals surface area contributed by atoms with Gasteiger partial charge in [-0.3, -0.25) is 14.6 Å². The Kier molecular flexibility index (Phi) is 6.87. The highest BCUT2D eigenvalue weighted by atomic mass is 16.5. The molecule has 2 aromatic heterocycles. The van der Waals surface area contributed by atoms with E-state index in [2.05, 4.69) is 15.3 Å². The molecule has 8 nitrogen and oxygen atoms in total. The molecule has 3 heterocycles. The maximum Gasteiger partial charge on any atom is 0.340 e. The molecule has 1 aliphatic rings. The van der Waals surface area contributed by atoms with Crippen molar-refractivity contribution in [1.82, 2.24) is 20.2 Å². The van der Waals surface area contributed by atoms with E-state index in [0.717, 1.165) is 18.5 Å². The van der Waals surface area contributed by atoms with E-state index in [1.165, 1.54) is 0 Å². The van der Waals surface area contributed by atoms with Gasteiger partial charge >= 0.3 is 5.97 Å². The van der Waals surface area contributed by atoms with Crippen molar-refractivity contribution < 1.29 is 19.1 Å². The van der Waals surface area contributed by atoms with Gasteiger partial charge in [0.1, 0.15) is 5.69 Å². The maximum atomic E-state index is 13.1. The van der Waals surface area contributed by atoms with Crippen LogP contribution in [0.2, 0.25) is 0 Å². The second kappa shape index (κ2) is 9.56. The van der Waals surface area contributed by atoms with Gasteiger partial charge in [0.05, 0.1) is 30.3 Å². The predicted molar refractivity (Wildman–Crippen MR) is 111 cm³/mol. The van der Waals surface area contributed by atoms with E-state index in [0.29, 0.717) is 42.1 Å². The molecule has 3 rings (SSSR count). The quantitative estimate of drug-likeness (QED) is 0.709. The zero-order valence-corrected chi connectivity index (χ0v) is 17.7. The molecular weight excluding hydrogens is 384 g/mol. The smallest absolute Gasteiger partial charge is 0.340 e. The number of aromatic nitrogens is 2. The summed E-state index contributed by atoms with van der Waals surface area (Å²) in [7, 11) is 0. The number of pyridine rings is 1. The Morgan fingerprint density at radius 1 is 1.30 bits per heavy atom. The fraction of sp³-hybridized carbons (Fsp3) is 0.455. The molecule has 0 unspecified atom stereocenters. The van der Waals surface area contributed by atoms with Crippen molar-refractivity contribution in [3.63, 3.8) is 0 Å². The van der Waals surface area contributed by atoms with Crippen molar-refractivity contribution in [1.29, 1.82) is 0 Å². The van der Waals surface area contributed by atoms with E-state index in [1.807, 2.05) is 18.2 Å². The standard InChI is InChI=1S/C22H28N4O4/c1-4-30-22(29)18-14(2)19(25-15(18)3)21(28)26-11-7-8-16(13-26)20(27)24-12-17-9-5-6-10-23-17/h5-6,9-10,16,25H,4,7-8,11-13H2,1-3H3,(H,24,27)/t16-/m1/s1. The van der Waals surface area contributed by atoms with E-state index in [1.54, 1.807) is 31.9 Å². The van der Waals surface area contributed by atoms with Crippen molar-refractivity contribution in [2.24, 2.45) is 5.92 Å². The topological polar surface area (TPSA) is 104 Å². The van der Waals surface area contributed by atoms with Gasteiger partial charge in [0.15, 0.2) is 0 Å². The van der Waals surface area contributed by atoms with Crippen molar-refractivity contribution in [2.75, 3.05) is 19.7 Å². The lowest BCUT2D eigenvalue weighted by atomic mass is 9.96. The van der Waals surface area contributed by atoms with Crippen LogP contribution in [0.15, 0.2) is 24.4 Å². The molecule has 1 atom stereocenters. The molecule has 8 heteroatoms. The number of carbonyl (C=O) groups excluding carboxylic acids is 3. The summed E-state index contributed by atoms with van der Waals surface area (Å²) in [5, 5.41) is 2.91. The molecular formula is C22H28N4O4. The summed E-state index contributed by atoms with van der Waals surface area (Å²) < 4.78 is 5.10. The average molecular weight is 412 g/mol. The first kappa shape index (κ1) is 21.5. The van der Waals surface area contributed by atoms with E-state index in [-0.39, 0.29) is 24.3 Å². The molecule has 1 saturated heterocycles. The summed E-state index contributed by atoms with van der Waals surface area (Å²) in [6, 6.07) is 5.56. The minimum absolute atomic E-state index is 0.0789. The summed E-state index contributed by atoms with van der Waals surface area (Å²) in [5.41, 5.74) is 2.76. The summed E-state index contributed by atoms with van der Waals surface area (Å²) in [4.78, 5) is 46.9. The van der Waals surface area contributed by atoms with Crippen molar-refractivity contribution in [3.05, 3.63) is 52.6 Å². The number of hydrogen-bond acceptors (Lipinski definition) is 5. The normalized spacial score (nSPS) is 16.2. The third kappa shape index (κ3) is 4.69. The molecule has 1 aliphatic heterocycles. The van der Waals surface area contributed by atoms with Gasteiger partial charge in [-0.05, 0) is 51.3 Å². The number of aromatic amines is 1. The monoisotopic (exact) mass is 412 g/mol. The van der Waals surface area contributed by atoms with Gasteiger partial charge in [0.25, 0.3) is 5.91 Å². The van der Waals surface area contributed by atoms with Crippen LogP contribution in [0.25, 0.3) is 0 Å². The largest absolute Gasteiger partial charge is 0.462 e. The number of rotatable bonds is 6. The van der Waals surface area contributed by atoms with E-state index < -0.39 is 5.97 Å². The van der Waals surface area contributed by atoms with Gasteiger partial charge in [0, 0.05) is 25.0 Å². The summed E-state index contributed by atoms with van der Waals surface area (Å²) in [5.74, 6) is -0.987. The number of likely N-dealkylation sites (tertiary alicyclic amines) is 1. The van der Waals surface area contributed by atoms with E-state index >= 15 is 0 Å². The highest BCUT2D eigenvalue weighted by Gasteiger charge is 2.31. The molecule has 2 aromatic rings. The van der Waals surface area contributed by atoms with Crippen LogP contribution in [0, 0.1) is 19.8 Å². The predicted octanol–water partition coefficient (Wildman–Crippen LogP) is 2.37. The number of carbonyl (C=O) groups is 3. The summed E-state index contributed by atoms with van der Waals surface area (Å²) in [6.07, 6.45) is 3.17. The number of amides is 2. The van der Waals surface area contributed by atoms with Crippen LogP contribution in [-0.2, 0) is 16.1 Å². The highest BCUT2D eigenvalue weighted by molar-refractivity contribution is 6.00. The first-order valence-corrected chi connectivity index (χ1v) is 10.3. The van der Waals surface area contributed by atoms with Gasteiger partial charge in [-0.1, -0.05) is 6.07 Å². The van der Waals surface area contributed by atoms with Crippen LogP contribution < -0.4 is 5.32 Å². The fourth-order valence-electron chi connectivity index (χ4n) is 3.83. The minimum atomic E-state index is -0.437.